The lowest BCUT2D eigenvalue weighted by atomic mass is 9.74. The molecule has 2 aliphatic heterocycles. The van der Waals surface area contributed by atoms with Crippen LogP contribution in [0.2, 0.25) is 0 Å². The van der Waals surface area contributed by atoms with Crippen LogP contribution in [0.3, 0.4) is 0 Å². The van der Waals surface area contributed by atoms with E-state index in [1.165, 1.54) is 0 Å². The van der Waals surface area contributed by atoms with Crippen molar-refractivity contribution in [2.45, 2.75) is 44.2 Å². The Balaban J connectivity index is 2.03. The van der Waals surface area contributed by atoms with E-state index in [-0.39, 0.29) is 6.04 Å². The molecule has 82 valence electrons. The summed E-state index contributed by atoms with van der Waals surface area (Å²) in [6, 6.07) is 0.211. The predicted molar refractivity (Wildman–Crippen MR) is 55.2 cm³/mol. The molecule has 3 atom stereocenters. The fourth-order valence-corrected chi connectivity index (χ4v) is 2.78. The normalized spacial score (nSPS) is 45.0. The van der Waals surface area contributed by atoms with E-state index < -0.39 is 5.60 Å². The molecule has 0 aromatic carbocycles. The summed E-state index contributed by atoms with van der Waals surface area (Å²) in [5, 5.41) is 14.0. The molecule has 3 nitrogen and oxygen atoms in total. The summed E-state index contributed by atoms with van der Waals surface area (Å²) in [6.45, 7) is 4.74. The summed E-state index contributed by atoms with van der Waals surface area (Å²) >= 11 is 0. The first-order valence-corrected chi connectivity index (χ1v) is 5.77. The molecule has 0 aliphatic carbocycles. The first kappa shape index (κ1) is 10.4. The highest BCUT2D eigenvalue weighted by Gasteiger charge is 2.43. The highest BCUT2D eigenvalue weighted by atomic mass is 16.5. The van der Waals surface area contributed by atoms with Crippen molar-refractivity contribution in [1.29, 1.82) is 0 Å². The summed E-state index contributed by atoms with van der Waals surface area (Å²) < 4.78 is 5.46. The third-order valence-electron chi connectivity index (χ3n) is 3.82. The Morgan fingerprint density at radius 1 is 1.43 bits per heavy atom. The number of aliphatic hydroxyl groups is 1. The van der Waals surface area contributed by atoms with Crippen LogP contribution in [0.15, 0.2) is 0 Å². The van der Waals surface area contributed by atoms with Gasteiger partial charge in [-0.3, -0.25) is 0 Å². The Hall–Kier alpha value is -0.120. The van der Waals surface area contributed by atoms with Crippen LogP contribution in [0.4, 0.5) is 0 Å². The van der Waals surface area contributed by atoms with Gasteiger partial charge in [-0.2, -0.15) is 0 Å². The maximum Gasteiger partial charge on any atom is 0.0847 e. The van der Waals surface area contributed by atoms with Gasteiger partial charge in [0, 0.05) is 18.6 Å². The molecule has 2 rings (SSSR count). The van der Waals surface area contributed by atoms with Crippen LogP contribution in [-0.2, 0) is 4.74 Å². The quantitative estimate of drug-likeness (QED) is 0.660. The standard InChI is InChI=1S/C11H21NO2/c1-9-11(13,5-3-6-12-9)10-4-2-7-14-8-10/h9-10,12-13H,2-8H2,1H3. The first-order chi connectivity index (χ1) is 6.73. The van der Waals surface area contributed by atoms with Crippen LogP contribution in [0.1, 0.15) is 32.6 Å². The minimum atomic E-state index is -0.529. The molecule has 0 amide bonds. The zero-order valence-electron chi connectivity index (χ0n) is 8.96. The van der Waals surface area contributed by atoms with Crippen molar-refractivity contribution in [1.82, 2.24) is 5.32 Å². The fourth-order valence-electron chi connectivity index (χ4n) is 2.78. The van der Waals surface area contributed by atoms with Crippen molar-refractivity contribution >= 4 is 0 Å². The molecule has 2 N–H and O–H groups in total. The number of piperidine rings is 1. The average molecular weight is 199 g/mol. The van der Waals surface area contributed by atoms with Gasteiger partial charge in [0.2, 0.25) is 0 Å². The fraction of sp³-hybridized carbons (Fsp3) is 1.00. The van der Waals surface area contributed by atoms with Gasteiger partial charge in [-0.05, 0) is 39.2 Å². The van der Waals surface area contributed by atoms with Crippen molar-refractivity contribution in [3.63, 3.8) is 0 Å². The molecular weight excluding hydrogens is 178 g/mol. The maximum absolute atomic E-state index is 10.6. The zero-order valence-corrected chi connectivity index (χ0v) is 8.96. The van der Waals surface area contributed by atoms with Gasteiger partial charge in [-0.25, -0.2) is 0 Å². The van der Waals surface area contributed by atoms with Crippen LogP contribution in [0, 0.1) is 5.92 Å². The third-order valence-corrected chi connectivity index (χ3v) is 3.82. The molecule has 2 fully saturated rings. The minimum Gasteiger partial charge on any atom is -0.388 e. The molecule has 0 radical (unpaired) electrons. The van der Waals surface area contributed by atoms with Gasteiger partial charge in [-0.15, -0.1) is 0 Å². The van der Waals surface area contributed by atoms with Crippen LogP contribution < -0.4 is 5.32 Å². The second-order valence-corrected chi connectivity index (χ2v) is 4.68. The van der Waals surface area contributed by atoms with Gasteiger partial charge < -0.3 is 15.2 Å². The van der Waals surface area contributed by atoms with Crippen LogP contribution in [0.5, 0.6) is 0 Å². The van der Waals surface area contributed by atoms with Gasteiger partial charge in [0.15, 0.2) is 0 Å². The minimum absolute atomic E-state index is 0.211. The van der Waals surface area contributed by atoms with Crippen LogP contribution in [0.25, 0.3) is 0 Å². The smallest absolute Gasteiger partial charge is 0.0847 e. The van der Waals surface area contributed by atoms with Gasteiger partial charge in [0.25, 0.3) is 0 Å². The van der Waals surface area contributed by atoms with Crippen molar-refractivity contribution in [2.75, 3.05) is 19.8 Å². The summed E-state index contributed by atoms with van der Waals surface area (Å²) in [4.78, 5) is 0. The van der Waals surface area contributed by atoms with Crippen LogP contribution >= 0.6 is 0 Å². The van der Waals surface area contributed by atoms with Crippen molar-refractivity contribution in [3.05, 3.63) is 0 Å². The monoisotopic (exact) mass is 199 g/mol. The maximum atomic E-state index is 10.6. The van der Waals surface area contributed by atoms with Crippen molar-refractivity contribution in [2.24, 2.45) is 5.92 Å². The molecule has 2 aliphatic rings. The van der Waals surface area contributed by atoms with E-state index in [4.69, 9.17) is 4.74 Å². The lowest BCUT2D eigenvalue weighted by Gasteiger charge is -2.45. The van der Waals surface area contributed by atoms with Gasteiger partial charge in [0.1, 0.15) is 0 Å². The van der Waals surface area contributed by atoms with Gasteiger partial charge in [-0.1, -0.05) is 0 Å². The van der Waals surface area contributed by atoms with Crippen molar-refractivity contribution in [3.8, 4) is 0 Å². The molecule has 2 saturated heterocycles. The predicted octanol–water partition coefficient (Wildman–Crippen LogP) is 0.916. The van der Waals surface area contributed by atoms with E-state index in [2.05, 4.69) is 12.2 Å². The van der Waals surface area contributed by atoms with E-state index in [9.17, 15) is 5.11 Å². The Bertz CT molecular complexity index is 192. The Morgan fingerprint density at radius 3 is 2.93 bits per heavy atom. The van der Waals surface area contributed by atoms with Crippen LogP contribution in [-0.4, -0.2) is 36.5 Å². The molecule has 0 aromatic rings. The summed E-state index contributed by atoms with van der Waals surface area (Å²) in [5.74, 6) is 0.332. The summed E-state index contributed by atoms with van der Waals surface area (Å²) in [5.41, 5.74) is -0.529. The number of hydrogen-bond donors (Lipinski definition) is 2. The Kier molecular flexibility index (Phi) is 3.10. The topological polar surface area (TPSA) is 41.5 Å². The van der Waals surface area contributed by atoms with E-state index in [0.717, 1.165) is 45.4 Å². The average Bonchev–Trinajstić information content (AvgIpc) is 2.24. The van der Waals surface area contributed by atoms with Gasteiger partial charge in [0.05, 0.1) is 12.2 Å². The Labute approximate surface area is 85.8 Å². The summed E-state index contributed by atoms with van der Waals surface area (Å²) in [7, 11) is 0. The van der Waals surface area contributed by atoms with E-state index in [1.54, 1.807) is 0 Å². The molecule has 14 heavy (non-hydrogen) atoms. The molecule has 3 unspecified atom stereocenters. The highest BCUT2D eigenvalue weighted by Crippen LogP contribution is 2.34. The molecular formula is C11H21NO2. The number of rotatable bonds is 1. The first-order valence-electron chi connectivity index (χ1n) is 5.77. The molecule has 0 spiro atoms. The second-order valence-electron chi connectivity index (χ2n) is 4.68. The molecule has 0 aromatic heterocycles. The van der Waals surface area contributed by atoms with Gasteiger partial charge >= 0.3 is 0 Å². The number of nitrogens with one attached hydrogen (secondary N) is 1. The third kappa shape index (κ3) is 1.81. The largest absolute Gasteiger partial charge is 0.388 e. The highest BCUT2D eigenvalue weighted by molar-refractivity contribution is 4.98. The molecule has 3 heteroatoms. The number of hydrogen-bond acceptors (Lipinski definition) is 3. The van der Waals surface area contributed by atoms with E-state index in [0.29, 0.717) is 5.92 Å². The molecule has 2 heterocycles. The lowest BCUT2D eigenvalue weighted by molar-refractivity contribution is -0.111. The Morgan fingerprint density at radius 2 is 2.29 bits per heavy atom. The van der Waals surface area contributed by atoms with E-state index in [1.807, 2.05) is 0 Å². The zero-order chi connectivity index (χ0) is 10.0. The van der Waals surface area contributed by atoms with Crippen molar-refractivity contribution < 1.29 is 9.84 Å². The molecule has 0 saturated carbocycles. The number of ether oxygens (including phenoxy) is 1. The SMILES string of the molecule is CC1NCCCC1(O)C1CCCOC1. The van der Waals surface area contributed by atoms with E-state index >= 15 is 0 Å². The lowest BCUT2D eigenvalue weighted by Crippen LogP contribution is -2.59. The second kappa shape index (κ2) is 4.17. The summed E-state index contributed by atoms with van der Waals surface area (Å²) in [6.07, 6.45) is 4.22. The molecule has 0 bridgehead atoms.